The Kier molecular flexibility index (Phi) is 12.7. The van der Waals surface area contributed by atoms with Crippen LogP contribution in [0.15, 0.2) is 133 Å². The lowest BCUT2D eigenvalue weighted by atomic mass is 10.0. The highest BCUT2D eigenvalue weighted by atomic mass is 35.5. The monoisotopic (exact) mass is 718 g/mol. The van der Waals surface area contributed by atoms with Crippen molar-refractivity contribution in [1.82, 2.24) is 0 Å². The van der Waals surface area contributed by atoms with Gasteiger partial charge < -0.3 is 20.8 Å². The molecular weight excluding hydrogens is 680 g/mol. The van der Waals surface area contributed by atoms with Gasteiger partial charge in [-0.2, -0.15) is 0 Å². The van der Waals surface area contributed by atoms with Crippen molar-refractivity contribution in [2.24, 2.45) is 0 Å². The summed E-state index contributed by atoms with van der Waals surface area (Å²) in [6.45, 7) is 5.74. The van der Waals surface area contributed by atoms with Crippen molar-refractivity contribution in [3.63, 3.8) is 0 Å². The summed E-state index contributed by atoms with van der Waals surface area (Å²) in [6, 6.07) is 43.1. The number of thiophene rings is 1. The minimum absolute atomic E-state index is 0.523. The van der Waals surface area contributed by atoms with Crippen molar-refractivity contribution in [3.05, 3.63) is 154 Å². The number of halogens is 1. The molecule has 0 aliphatic heterocycles. The molecule has 0 radical (unpaired) electrons. The minimum atomic E-state index is -1.08. The molecular formula is C41H39ClN4O4S. The summed E-state index contributed by atoms with van der Waals surface area (Å²) in [5.41, 5.74) is 9.09. The van der Waals surface area contributed by atoms with E-state index < -0.39 is 12.2 Å². The third-order valence-corrected chi connectivity index (χ3v) is 9.16. The number of hydrogen-bond donors (Lipinski definition) is 6. The van der Waals surface area contributed by atoms with Gasteiger partial charge in [-0.25, -0.2) is 9.59 Å². The lowest BCUT2D eigenvalue weighted by Gasteiger charge is -2.14. The van der Waals surface area contributed by atoms with Gasteiger partial charge in [-0.3, -0.25) is 10.6 Å². The second-order valence-corrected chi connectivity index (χ2v) is 13.7. The molecule has 0 saturated heterocycles. The number of anilines is 4. The number of hydrogen-bond acceptors (Lipinski definition) is 5. The van der Waals surface area contributed by atoms with Crippen LogP contribution < -0.4 is 21.3 Å². The molecule has 6 rings (SSSR count). The van der Waals surface area contributed by atoms with Crippen LogP contribution in [0.25, 0.3) is 22.3 Å². The van der Waals surface area contributed by atoms with Gasteiger partial charge >= 0.3 is 12.2 Å². The zero-order valence-corrected chi connectivity index (χ0v) is 29.8. The summed E-state index contributed by atoms with van der Waals surface area (Å²) in [5.74, 6) is 0.523. The van der Waals surface area contributed by atoms with Gasteiger partial charge in [0.15, 0.2) is 0 Å². The van der Waals surface area contributed by atoms with Gasteiger partial charge in [0, 0.05) is 40.5 Å². The molecule has 8 nitrogen and oxygen atoms in total. The maximum Gasteiger partial charge on any atom is 0.409 e. The Hall–Kier alpha value is -5.77. The Balaban J connectivity index is 0.000000199. The smallest absolute Gasteiger partial charge is 0.409 e. The van der Waals surface area contributed by atoms with Crippen molar-refractivity contribution < 1.29 is 19.8 Å². The van der Waals surface area contributed by atoms with Crippen molar-refractivity contribution in [3.8, 4) is 22.3 Å². The number of nitrogens with one attached hydrogen (secondary N) is 4. The summed E-state index contributed by atoms with van der Waals surface area (Å²) < 4.78 is 0.762. The molecule has 0 saturated carbocycles. The van der Waals surface area contributed by atoms with E-state index in [0.717, 1.165) is 42.8 Å². The van der Waals surface area contributed by atoms with Crippen LogP contribution in [0.1, 0.15) is 35.8 Å². The summed E-state index contributed by atoms with van der Waals surface area (Å²) in [5, 5.41) is 29.8. The Labute approximate surface area is 306 Å². The first-order chi connectivity index (χ1) is 24.6. The van der Waals surface area contributed by atoms with E-state index in [9.17, 15) is 9.59 Å². The van der Waals surface area contributed by atoms with Gasteiger partial charge in [-0.1, -0.05) is 110 Å². The summed E-state index contributed by atoms with van der Waals surface area (Å²) in [7, 11) is 0. The minimum Gasteiger partial charge on any atom is -0.465 e. The van der Waals surface area contributed by atoms with Crippen LogP contribution in [0.2, 0.25) is 4.34 Å². The van der Waals surface area contributed by atoms with E-state index in [0.29, 0.717) is 30.4 Å². The maximum absolute atomic E-state index is 11.1. The Morgan fingerprint density at radius 3 is 1.55 bits per heavy atom. The van der Waals surface area contributed by atoms with Crippen LogP contribution in [0.3, 0.4) is 0 Å². The number of amides is 2. The first-order valence-corrected chi connectivity index (χ1v) is 17.5. The SMILES string of the molecule is CC(C)c1ccc(CNc2ccc(NC(=O)O)c(-c3ccccc3)c2)cc1.O=C(O)Nc1ccc(NCc2ccc(Cl)s2)cc1-c1ccccc1. The van der Waals surface area contributed by atoms with Gasteiger partial charge in [0.05, 0.1) is 15.7 Å². The van der Waals surface area contributed by atoms with Gasteiger partial charge in [-0.05, 0) is 76.7 Å². The Morgan fingerprint density at radius 1 is 0.627 bits per heavy atom. The average molecular weight is 719 g/mol. The summed E-state index contributed by atoms with van der Waals surface area (Å²) >= 11 is 7.48. The fourth-order valence-corrected chi connectivity index (χ4v) is 6.36. The molecule has 0 aliphatic rings. The standard InChI is InChI=1S/C23H24N2O2.C18H15ClN2O2S/c1-16(2)18-10-8-17(9-11-18)15-24-20-12-13-22(25-23(26)27)21(14-20)19-6-4-3-5-7-19;19-17-9-7-14(24-17)11-20-13-6-8-16(21-18(22)23)15(10-13)12-4-2-1-3-5-12/h3-14,16,24-25H,15H2,1-2H3,(H,26,27);1-10,20-21H,11H2,(H,22,23). The number of carboxylic acid groups (broad SMARTS) is 2. The third-order valence-electron chi connectivity index (χ3n) is 7.93. The fourth-order valence-electron chi connectivity index (χ4n) is 5.33. The quantitative estimate of drug-likeness (QED) is 0.0792. The molecule has 6 N–H and O–H groups in total. The molecule has 0 unspecified atom stereocenters. The highest BCUT2D eigenvalue weighted by Gasteiger charge is 2.11. The summed E-state index contributed by atoms with van der Waals surface area (Å²) in [6.07, 6.45) is -2.15. The largest absolute Gasteiger partial charge is 0.465 e. The highest BCUT2D eigenvalue weighted by molar-refractivity contribution is 7.16. The number of rotatable bonds is 11. The van der Waals surface area contributed by atoms with Crippen LogP contribution >= 0.6 is 22.9 Å². The molecule has 0 bridgehead atoms. The van der Waals surface area contributed by atoms with E-state index in [-0.39, 0.29) is 0 Å². The van der Waals surface area contributed by atoms with E-state index in [2.05, 4.69) is 59.4 Å². The molecule has 6 aromatic rings. The first kappa shape index (κ1) is 36.5. The topological polar surface area (TPSA) is 123 Å². The normalized spacial score (nSPS) is 10.5. The predicted octanol–water partition coefficient (Wildman–Crippen LogP) is 11.9. The number of benzene rings is 5. The van der Waals surface area contributed by atoms with Crippen molar-refractivity contribution in [2.75, 3.05) is 21.3 Å². The Morgan fingerprint density at radius 2 is 1.12 bits per heavy atom. The first-order valence-electron chi connectivity index (χ1n) is 16.3. The second-order valence-electron chi connectivity index (χ2n) is 11.9. The van der Waals surface area contributed by atoms with Crippen LogP contribution in [-0.2, 0) is 13.1 Å². The molecule has 51 heavy (non-hydrogen) atoms. The van der Waals surface area contributed by atoms with Crippen molar-refractivity contribution in [1.29, 1.82) is 0 Å². The average Bonchev–Trinajstić information content (AvgIpc) is 3.56. The lowest BCUT2D eigenvalue weighted by molar-refractivity contribution is 0.208. The molecule has 1 aromatic heterocycles. The van der Waals surface area contributed by atoms with E-state index in [4.69, 9.17) is 21.8 Å². The molecule has 0 aliphatic carbocycles. The van der Waals surface area contributed by atoms with Crippen molar-refractivity contribution >= 4 is 57.9 Å². The zero-order valence-electron chi connectivity index (χ0n) is 28.2. The molecule has 0 fully saturated rings. The zero-order chi connectivity index (χ0) is 36.2. The molecule has 1 heterocycles. The van der Waals surface area contributed by atoms with Gasteiger partial charge in [0.25, 0.3) is 0 Å². The molecule has 10 heteroatoms. The predicted molar refractivity (Wildman–Crippen MR) is 212 cm³/mol. The molecule has 0 spiro atoms. The highest BCUT2D eigenvalue weighted by Crippen LogP contribution is 2.33. The van der Waals surface area contributed by atoms with E-state index >= 15 is 0 Å². The van der Waals surface area contributed by atoms with Crippen LogP contribution in [0.5, 0.6) is 0 Å². The van der Waals surface area contributed by atoms with Gasteiger partial charge in [0.1, 0.15) is 0 Å². The van der Waals surface area contributed by atoms with E-state index in [1.165, 1.54) is 22.5 Å². The molecule has 0 atom stereocenters. The maximum atomic E-state index is 11.1. The van der Waals surface area contributed by atoms with Crippen molar-refractivity contribution in [2.45, 2.75) is 32.9 Å². The van der Waals surface area contributed by atoms with Gasteiger partial charge in [0.2, 0.25) is 0 Å². The fraction of sp³-hybridized carbons (Fsp3) is 0.122. The van der Waals surface area contributed by atoms with Crippen LogP contribution in [-0.4, -0.2) is 22.4 Å². The molecule has 5 aromatic carbocycles. The second kappa shape index (κ2) is 17.8. The van der Waals surface area contributed by atoms with Crippen LogP contribution in [0.4, 0.5) is 32.3 Å². The van der Waals surface area contributed by atoms with Crippen LogP contribution in [0, 0.1) is 0 Å². The molecule has 260 valence electrons. The number of carbonyl (C=O) groups is 2. The van der Waals surface area contributed by atoms with Gasteiger partial charge in [-0.15, -0.1) is 11.3 Å². The van der Waals surface area contributed by atoms with E-state index in [1.807, 2.05) is 97.1 Å². The third kappa shape index (κ3) is 10.9. The lowest BCUT2D eigenvalue weighted by Crippen LogP contribution is -2.08. The summed E-state index contributed by atoms with van der Waals surface area (Å²) in [4.78, 5) is 23.2. The Bertz CT molecular complexity index is 2050. The molecule has 2 amide bonds. The van der Waals surface area contributed by atoms with E-state index in [1.54, 1.807) is 12.1 Å².